The Balaban J connectivity index is 2.73. The van der Waals surface area contributed by atoms with Crippen LogP contribution in [0.2, 0.25) is 0 Å². The molecule has 0 aromatic rings. The topological polar surface area (TPSA) is 24.4 Å². The lowest BCUT2D eigenvalue weighted by molar-refractivity contribution is 0.271. The predicted molar refractivity (Wildman–Crippen MR) is 62.8 cm³/mol. The van der Waals surface area contributed by atoms with E-state index in [1.807, 2.05) is 0 Å². The zero-order chi connectivity index (χ0) is 11.0. The first kappa shape index (κ1) is 11.5. The van der Waals surface area contributed by atoms with E-state index in [1.165, 1.54) is 5.84 Å². The molecule has 0 bridgehead atoms. The third kappa shape index (κ3) is 2.73. The number of aliphatic imine (C=N–C) groups is 1. The Morgan fingerprint density at radius 2 is 1.71 bits per heavy atom. The zero-order valence-corrected chi connectivity index (χ0v) is 10.4. The fourth-order valence-corrected chi connectivity index (χ4v) is 1.69. The van der Waals surface area contributed by atoms with Crippen molar-refractivity contribution in [1.29, 1.82) is 0 Å². The summed E-state index contributed by atoms with van der Waals surface area (Å²) in [6.07, 6.45) is 1.16. The smallest absolute Gasteiger partial charge is 0.102 e. The van der Waals surface area contributed by atoms with E-state index in [4.69, 9.17) is 0 Å². The molecule has 1 heterocycles. The van der Waals surface area contributed by atoms with Crippen LogP contribution >= 0.6 is 0 Å². The molecule has 0 radical (unpaired) electrons. The van der Waals surface area contributed by atoms with Crippen LogP contribution in [0.15, 0.2) is 4.99 Å². The SMILES string of the molecule is CC(C)(C)C1=NCCC(C(C)(C)C)N1. The first-order valence-electron chi connectivity index (χ1n) is 5.53. The second kappa shape index (κ2) is 3.56. The van der Waals surface area contributed by atoms with E-state index in [0.717, 1.165) is 13.0 Å². The molecule has 0 saturated carbocycles. The molecule has 82 valence electrons. The van der Waals surface area contributed by atoms with Crippen molar-refractivity contribution in [1.82, 2.24) is 5.32 Å². The Hall–Kier alpha value is -0.530. The first-order chi connectivity index (χ1) is 6.21. The summed E-state index contributed by atoms with van der Waals surface area (Å²) >= 11 is 0. The van der Waals surface area contributed by atoms with Crippen LogP contribution < -0.4 is 5.32 Å². The fraction of sp³-hybridized carbons (Fsp3) is 0.917. The molecule has 1 unspecified atom stereocenters. The van der Waals surface area contributed by atoms with E-state index >= 15 is 0 Å². The van der Waals surface area contributed by atoms with Gasteiger partial charge in [0.05, 0.1) is 0 Å². The van der Waals surface area contributed by atoms with Gasteiger partial charge in [0, 0.05) is 18.0 Å². The molecule has 0 aromatic carbocycles. The standard InChI is InChI=1S/C12H24N2/c1-11(2,3)9-7-8-13-10(14-9)12(4,5)6/h9H,7-8H2,1-6H3,(H,13,14). The first-order valence-corrected chi connectivity index (χ1v) is 5.53. The molecule has 0 saturated heterocycles. The number of hydrogen-bond acceptors (Lipinski definition) is 2. The minimum Gasteiger partial charge on any atom is -0.370 e. The van der Waals surface area contributed by atoms with Gasteiger partial charge < -0.3 is 5.32 Å². The average Bonchev–Trinajstić information content (AvgIpc) is 2.01. The quantitative estimate of drug-likeness (QED) is 0.633. The zero-order valence-electron chi connectivity index (χ0n) is 10.4. The van der Waals surface area contributed by atoms with Crippen molar-refractivity contribution in [3.05, 3.63) is 0 Å². The maximum atomic E-state index is 4.57. The minimum atomic E-state index is 0.157. The number of nitrogens with one attached hydrogen (secondary N) is 1. The predicted octanol–water partition coefficient (Wildman–Crippen LogP) is 2.84. The van der Waals surface area contributed by atoms with Crippen LogP contribution in [0.1, 0.15) is 48.0 Å². The summed E-state index contributed by atoms with van der Waals surface area (Å²) in [7, 11) is 0. The second-order valence-electron chi connectivity index (χ2n) is 6.33. The maximum Gasteiger partial charge on any atom is 0.102 e. The number of hydrogen-bond donors (Lipinski definition) is 1. The highest BCUT2D eigenvalue weighted by molar-refractivity contribution is 5.87. The van der Waals surface area contributed by atoms with Gasteiger partial charge in [0.25, 0.3) is 0 Å². The third-order valence-electron chi connectivity index (χ3n) is 2.75. The molecular formula is C12H24N2. The fourth-order valence-electron chi connectivity index (χ4n) is 1.69. The van der Waals surface area contributed by atoms with E-state index in [0.29, 0.717) is 11.5 Å². The lowest BCUT2D eigenvalue weighted by Gasteiger charge is -2.38. The molecule has 0 fully saturated rings. The van der Waals surface area contributed by atoms with E-state index < -0.39 is 0 Å². The minimum absolute atomic E-state index is 0.157. The van der Waals surface area contributed by atoms with Gasteiger partial charge in [-0.15, -0.1) is 0 Å². The molecular weight excluding hydrogens is 172 g/mol. The summed E-state index contributed by atoms with van der Waals surface area (Å²) in [4.78, 5) is 4.57. The summed E-state index contributed by atoms with van der Waals surface area (Å²) in [6.45, 7) is 14.5. The van der Waals surface area contributed by atoms with Gasteiger partial charge >= 0.3 is 0 Å². The van der Waals surface area contributed by atoms with Crippen LogP contribution in [0, 0.1) is 10.8 Å². The molecule has 14 heavy (non-hydrogen) atoms. The normalized spacial score (nSPS) is 24.1. The Bertz CT molecular complexity index is 228. The summed E-state index contributed by atoms with van der Waals surface area (Å²) in [6, 6.07) is 0.564. The van der Waals surface area contributed by atoms with E-state index in [9.17, 15) is 0 Å². The summed E-state index contributed by atoms with van der Waals surface area (Å²) in [5.74, 6) is 1.17. The van der Waals surface area contributed by atoms with Gasteiger partial charge in [-0.1, -0.05) is 41.5 Å². The van der Waals surface area contributed by atoms with E-state index in [2.05, 4.69) is 51.9 Å². The van der Waals surface area contributed by atoms with Crippen LogP contribution in [0.25, 0.3) is 0 Å². The van der Waals surface area contributed by atoms with Crippen LogP contribution in [0.5, 0.6) is 0 Å². The molecule has 0 aromatic heterocycles. The summed E-state index contributed by atoms with van der Waals surface area (Å²) in [5, 5.41) is 3.58. The van der Waals surface area contributed by atoms with Gasteiger partial charge in [0.1, 0.15) is 5.84 Å². The molecule has 0 aliphatic carbocycles. The van der Waals surface area contributed by atoms with Gasteiger partial charge in [0.15, 0.2) is 0 Å². The molecule has 1 aliphatic heterocycles. The van der Waals surface area contributed by atoms with Crippen molar-refractivity contribution in [3.8, 4) is 0 Å². The van der Waals surface area contributed by atoms with Crippen LogP contribution in [-0.4, -0.2) is 18.4 Å². The lowest BCUT2D eigenvalue weighted by atomic mass is 9.82. The van der Waals surface area contributed by atoms with Crippen molar-refractivity contribution >= 4 is 5.84 Å². The van der Waals surface area contributed by atoms with Crippen molar-refractivity contribution in [2.24, 2.45) is 15.8 Å². The van der Waals surface area contributed by atoms with Crippen LogP contribution in [-0.2, 0) is 0 Å². The average molecular weight is 196 g/mol. The highest BCUT2D eigenvalue weighted by Gasteiger charge is 2.31. The van der Waals surface area contributed by atoms with Crippen molar-refractivity contribution in [2.75, 3.05) is 6.54 Å². The molecule has 2 nitrogen and oxygen atoms in total. The molecule has 1 N–H and O–H groups in total. The van der Waals surface area contributed by atoms with Crippen LogP contribution in [0.4, 0.5) is 0 Å². The number of amidine groups is 1. The highest BCUT2D eigenvalue weighted by Crippen LogP contribution is 2.26. The largest absolute Gasteiger partial charge is 0.370 e. The van der Waals surface area contributed by atoms with Gasteiger partial charge in [-0.3, -0.25) is 4.99 Å². The van der Waals surface area contributed by atoms with Crippen molar-refractivity contribution < 1.29 is 0 Å². The van der Waals surface area contributed by atoms with Gasteiger partial charge in [-0.05, 0) is 11.8 Å². The Morgan fingerprint density at radius 1 is 1.14 bits per heavy atom. The molecule has 0 spiro atoms. The summed E-state index contributed by atoms with van der Waals surface area (Å²) < 4.78 is 0. The summed E-state index contributed by atoms with van der Waals surface area (Å²) in [5.41, 5.74) is 0.482. The molecule has 0 amide bonds. The maximum absolute atomic E-state index is 4.57. The van der Waals surface area contributed by atoms with E-state index in [1.54, 1.807) is 0 Å². The number of nitrogens with zero attached hydrogens (tertiary/aromatic N) is 1. The Labute approximate surface area is 88.2 Å². The third-order valence-corrected chi connectivity index (χ3v) is 2.75. The molecule has 2 heteroatoms. The number of rotatable bonds is 0. The lowest BCUT2D eigenvalue weighted by Crippen LogP contribution is -2.50. The van der Waals surface area contributed by atoms with Crippen molar-refractivity contribution in [2.45, 2.75) is 54.0 Å². The van der Waals surface area contributed by atoms with Crippen LogP contribution in [0.3, 0.4) is 0 Å². The van der Waals surface area contributed by atoms with Gasteiger partial charge in [-0.25, -0.2) is 0 Å². The highest BCUT2D eigenvalue weighted by atomic mass is 15.1. The van der Waals surface area contributed by atoms with E-state index in [-0.39, 0.29) is 5.41 Å². The Kier molecular flexibility index (Phi) is 2.93. The molecule has 1 atom stereocenters. The monoisotopic (exact) mass is 196 g/mol. The Morgan fingerprint density at radius 3 is 2.14 bits per heavy atom. The van der Waals surface area contributed by atoms with Gasteiger partial charge in [-0.2, -0.15) is 0 Å². The second-order valence-corrected chi connectivity index (χ2v) is 6.33. The molecule has 1 rings (SSSR count). The molecule has 1 aliphatic rings. The van der Waals surface area contributed by atoms with Gasteiger partial charge in [0.2, 0.25) is 0 Å². The van der Waals surface area contributed by atoms with Crippen molar-refractivity contribution in [3.63, 3.8) is 0 Å².